The number of nitrogens with zero attached hydrogens (tertiary/aromatic N) is 1. The average molecular weight is 276 g/mol. The molecule has 20 heavy (non-hydrogen) atoms. The molecule has 4 atom stereocenters. The number of rotatable bonds is 4. The van der Waals surface area contributed by atoms with Crippen LogP contribution in [-0.2, 0) is 4.74 Å². The molecule has 0 bridgehead atoms. The lowest BCUT2D eigenvalue weighted by atomic mass is 9.94. The van der Waals surface area contributed by atoms with Gasteiger partial charge in [-0.1, -0.05) is 36.8 Å². The van der Waals surface area contributed by atoms with Crippen LogP contribution in [-0.4, -0.2) is 36.2 Å². The molecule has 0 saturated carbocycles. The van der Waals surface area contributed by atoms with Crippen molar-refractivity contribution in [3.05, 3.63) is 35.4 Å². The molecule has 1 aliphatic rings. The molecule has 1 fully saturated rings. The van der Waals surface area contributed by atoms with Gasteiger partial charge >= 0.3 is 0 Å². The third kappa shape index (κ3) is 3.60. The maximum absolute atomic E-state index is 6.43. The van der Waals surface area contributed by atoms with Crippen LogP contribution in [0, 0.1) is 6.92 Å². The van der Waals surface area contributed by atoms with E-state index in [0.717, 1.165) is 19.5 Å². The Hall–Kier alpha value is -0.900. The predicted molar refractivity (Wildman–Crippen MR) is 83.8 cm³/mol. The number of aryl methyl sites for hydroxylation is 1. The third-order valence-electron chi connectivity index (χ3n) is 4.14. The van der Waals surface area contributed by atoms with E-state index in [2.05, 4.69) is 56.9 Å². The monoisotopic (exact) mass is 276 g/mol. The average Bonchev–Trinajstić information content (AvgIpc) is 2.40. The molecule has 1 aliphatic heterocycles. The topological polar surface area (TPSA) is 38.5 Å². The fourth-order valence-corrected chi connectivity index (χ4v) is 3.16. The molecule has 0 amide bonds. The molecule has 0 aromatic heterocycles. The van der Waals surface area contributed by atoms with Gasteiger partial charge in [-0.05, 0) is 32.8 Å². The summed E-state index contributed by atoms with van der Waals surface area (Å²) in [6.45, 7) is 10.5. The van der Waals surface area contributed by atoms with Gasteiger partial charge in [-0.25, -0.2) is 0 Å². The van der Waals surface area contributed by atoms with Crippen molar-refractivity contribution in [2.24, 2.45) is 5.73 Å². The first-order valence-corrected chi connectivity index (χ1v) is 7.73. The fraction of sp³-hybridized carbons (Fsp3) is 0.647. The Morgan fingerprint density at radius 1 is 1.20 bits per heavy atom. The van der Waals surface area contributed by atoms with Crippen molar-refractivity contribution in [1.29, 1.82) is 0 Å². The SMILES string of the molecule is CCC(N)C(c1ccc(C)cc1)N1C[C@@H](C)O[C@@H](C)C1. The first-order chi connectivity index (χ1) is 9.51. The normalized spacial score (nSPS) is 27.2. The minimum absolute atomic E-state index is 0.162. The number of morpholine rings is 1. The highest BCUT2D eigenvalue weighted by Crippen LogP contribution is 2.28. The van der Waals surface area contributed by atoms with Crippen LogP contribution >= 0.6 is 0 Å². The van der Waals surface area contributed by atoms with Gasteiger partial charge in [0.2, 0.25) is 0 Å². The first kappa shape index (κ1) is 15.5. The van der Waals surface area contributed by atoms with Crippen molar-refractivity contribution < 1.29 is 4.74 Å². The van der Waals surface area contributed by atoms with Crippen molar-refractivity contribution >= 4 is 0 Å². The molecule has 2 rings (SSSR count). The summed E-state index contributed by atoms with van der Waals surface area (Å²) < 4.78 is 5.85. The summed E-state index contributed by atoms with van der Waals surface area (Å²) >= 11 is 0. The molecule has 112 valence electrons. The van der Waals surface area contributed by atoms with E-state index in [-0.39, 0.29) is 24.3 Å². The largest absolute Gasteiger partial charge is 0.373 e. The van der Waals surface area contributed by atoms with Crippen LogP contribution in [0.3, 0.4) is 0 Å². The summed E-state index contributed by atoms with van der Waals surface area (Å²) in [6, 6.07) is 9.25. The zero-order valence-corrected chi connectivity index (χ0v) is 13.2. The third-order valence-corrected chi connectivity index (χ3v) is 4.14. The molecule has 3 heteroatoms. The van der Waals surface area contributed by atoms with E-state index in [4.69, 9.17) is 10.5 Å². The van der Waals surface area contributed by atoms with Gasteiger partial charge in [0, 0.05) is 19.1 Å². The smallest absolute Gasteiger partial charge is 0.0678 e. The standard InChI is InChI=1S/C17H28N2O/c1-5-16(18)17(15-8-6-12(2)7-9-15)19-10-13(3)20-14(4)11-19/h6-9,13-14,16-17H,5,10-11,18H2,1-4H3/t13-,14+,16?,17?. The van der Waals surface area contributed by atoms with Crippen LogP contribution in [0.15, 0.2) is 24.3 Å². The van der Waals surface area contributed by atoms with E-state index in [0.29, 0.717) is 0 Å². The Kier molecular flexibility index (Phi) is 5.19. The lowest BCUT2D eigenvalue weighted by Gasteiger charge is -2.42. The number of benzene rings is 1. The van der Waals surface area contributed by atoms with Gasteiger partial charge in [0.1, 0.15) is 0 Å². The van der Waals surface area contributed by atoms with Gasteiger partial charge in [0.25, 0.3) is 0 Å². The Bertz CT molecular complexity index is 408. The van der Waals surface area contributed by atoms with E-state index in [1.165, 1.54) is 11.1 Å². The van der Waals surface area contributed by atoms with Crippen LogP contribution in [0.2, 0.25) is 0 Å². The number of hydrogen-bond acceptors (Lipinski definition) is 3. The molecule has 3 nitrogen and oxygen atoms in total. The molecule has 1 aromatic rings. The number of nitrogens with two attached hydrogens (primary N) is 1. The minimum Gasteiger partial charge on any atom is -0.373 e. The molecule has 0 spiro atoms. The summed E-state index contributed by atoms with van der Waals surface area (Å²) in [7, 11) is 0. The van der Waals surface area contributed by atoms with Gasteiger partial charge < -0.3 is 10.5 Å². The first-order valence-electron chi connectivity index (χ1n) is 7.73. The molecule has 0 aliphatic carbocycles. The second kappa shape index (κ2) is 6.70. The summed E-state index contributed by atoms with van der Waals surface area (Å²) in [5.74, 6) is 0. The predicted octanol–water partition coefficient (Wildman–Crippen LogP) is 2.88. The molecule has 2 unspecified atom stereocenters. The van der Waals surface area contributed by atoms with E-state index < -0.39 is 0 Å². The summed E-state index contributed by atoms with van der Waals surface area (Å²) in [5.41, 5.74) is 9.04. The Morgan fingerprint density at radius 2 is 1.75 bits per heavy atom. The summed E-state index contributed by atoms with van der Waals surface area (Å²) in [6.07, 6.45) is 1.53. The second-order valence-corrected chi connectivity index (χ2v) is 6.14. The van der Waals surface area contributed by atoms with Gasteiger partial charge in [0.05, 0.1) is 18.2 Å². The van der Waals surface area contributed by atoms with E-state index in [1.54, 1.807) is 0 Å². The van der Waals surface area contributed by atoms with Crippen LogP contribution in [0.1, 0.15) is 44.4 Å². The van der Waals surface area contributed by atoms with Crippen molar-refractivity contribution in [2.45, 2.75) is 58.4 Å². The highest BCUT2D eigenvalue weighted by molar-refractivity contribution is 5.25. The highest BCUT2D eigenvalue weighted by atomic mass is 16.5. The van der Waals surface area contributed by atoms with E-state index in [9.17, 15) is 0 Å². The Labute approximate surface area is 123 Å². The van der Waals surface area contributed by atoms with Crippen LogP contribution in [0.4, 0.5) is 0 Å². The van der Waals surface area contributed by atoms with Crippen LogP contribution in [0.5, 0.6) is 0 Å². The quantitative estimate of drug-likeness (QED) is 0.919. The van der Waals surface area contributed by atoms with Crippen LogP contribution in [0.25, 0.3) is 0 Å². The second-order valence-electron chi connectivity index (χ2n) is 6.14. The summed E-state index contributed by atoms with van der Waals surface area (Å²) in [4.78, 5) is 2.50. The molecular formula is C17H28N2O. The molecule has 2 N–H and O–H groups in total. The molecule has 1 aromatic carbocycles. The van der Waals surface area contributed by atoms with Gasteiger partial charge in [-0.3, -0.25) is 4.90 Å². The molecule has 0 radical (unpaired) electrons. The maximum atomic E-state index is 6.43. The van der Waals surface area contributed by atoms with Crippen molar-refractivity contribution in [3.63, 3.8) is 0 Å². The lowest BCUT2D eigenvalue weighted by molar-refractivity contribution is -0.0838. The van der Waals surface area contributed by atoms with Gasteiger partial charge in [-0.2, -0.15) is 0 Å². The van der Waals surface area contributed by atoms with Gasteiger partial charge in [0.15, 0.2) is 0 Å². The highest BCUT2D eigenvalue weighted by Gasteiger charge is 2.31. The van der Waals surface area contributed by atoms with E-state index >= 15 is 0 Å². The van der Waals surface area contributed by atoms with Gasteiger partial charge in [-0.15, -0.1) is 0 Å². The maximum Gasteiger partial charge on any atom is 0.0678 e. The zero-order chi connectivity index (χ0) is 14.7. The van der Waals surface area contributed by atoms with Crippen molar-refractivity contribution in [2.75, 3.05) is 13.1 Å². The van der Waals surface area contributed by atoms with Crippen molar-refractivity contribution in [3.8, 4) is 0 Å². The van der Waals surface area contributed by atoms with Crippen molar-refractivity contribution in [1.82, 2.24) is 4.90 Å². The fourth-order valence-electron chi connectivity index (χ4n) is 3.16. The summed E-state index contributed by atoms with van der Waals surface area (Å²) in [5, 5.41) is 0. The zero-order valence-electron chi connectivity index (χ0n) is 13.2. The minimum atomic E-state index is 0.162. The van der Waals surface area contributed by atoms with E-state index in [1.807, 2.05) is 0 Å². The Balaban J connectivity index is 2.25. The van der Waals surface area contributed by atoms with Crippen LogP contribution < -0.4 is 5.73 Å². The lowest BCUT2D eigenvalue weighted by Crippen LogP contribution is -2.51. The Morgan fingerprint density at radius 3 is 2.25 bits per heavy atom. The number of hydrogen-bond donors (Lipinski definition) is 1. The molecule has 1 saturated heterocycles. The molecular weight excluding hydrogens is 248 g/mol. The number of ether oxygens (including phenoxy) is 1. The molecule has 1 heterocycles.